The Morgan fingerprint density at radius 3 is 2.50 bits per heavy atom. The van der Waals surface area contributed by atoms with Crippen molar-refractivity contribution in [1.82, 2.24) is 4.57 Å². The molecule has 1 amide bonds. The molecule has 1 N–H and O–H groups in total. The summed E-state index contributed by atoms with van der Waals surface area (Å²) in [5, 5.41) is 20.4. The highest BCUT2D eigenvalue weighted by molar-refractivity contribution is 6.40. The molecule has 102 valence electrons. The number of aryl methyl sites for hydroxylation is 1. The monoisotopic (exact) mass is 276 g/mol. The molecule has 8 nitrogen and oxygen atoms in total. The number of carbonyl (C=O) groups is 2. The summed E-state index contributed by atoms with van der Waals surface area (Å²) in [6.45, 7) is 0. The molecule has 0 unspecified atom stereocenters. The van der Waals surface area contributed by atoms with E-state index in [1.165, 1.54) is 19.2 Å². The fourth-order valence-corrected chi connectivity index (χ4v) is 1.87. The average Bonchev–Trinajstić information content (AvgIpc) is 2.44. The van der Waals surface area contributed by atoms with E-state index >= 15 is 0 Å². The molecule has 0 aliphatic carbocycles. The minimum Gasteiger partial charge on any atom is -0.506 e. The molecule has 1 aromatic heterocycles. The van der Waals surface area contributed by atoms with Crippen molar-refractivity contribution in [1.29, 1.82) is 0 Å². The number of benzene rings is 1. The van der Waals surface area contributed by atoms with Gasteiger partial charge in [-0.05, 0) is 12.1 Å². The lowest BCUT2D eigenvalue weighted by atomic mass is 10.1. The van der Waals surface area contributed by atoms with Gasteiger partial charge in [-0.3, -0.25) is 19.7 Å². The second-order valence-electron chi connectivity index (χ2n) is 4.00. The quantitative estimate of drug-likeness (QED) is 0.363. The molecule has 0 spiro atoms. The van der Waals surface area contributed by atoms with Gasteiger partial charge in [-0.2, -0.15) is 0 Å². The third kappa shape index (κ3) is 1.83. The molecular formula is C12H8N2O6. The van der Waals surface area contributed by atoms with Gasteiger partial charge in [-0.25, -0.2) is 4.79 Å². The molecule has 2 aromatic rings. The highest BCUT2D eigenvalue weighted by Gasteiger charge is 2.34. The van der Waals surface area contributed by atoms with Gasteiger partial charge in [-0.1, -0.05) is 12.1 Å². The number of hydrogen-bond acceptors (Lipinski definition) is 6. The van der Waals surface area contributed by atoms with Crippen molar-refractivity contribution in [2.45, 2.75) is 0 Å². The van der Waals surface area contributed by atoms with Gasteiger partial charge >= 0.3 is 11.7 Å². The van der Waals surface area contributed by atoms with Crippen LogP contribution in [0.3, 0.4) is 0 Å². The number of pyridine rings is 1. The number of nitro groups is 1. The van der Waals surface area contributed by atoms with Crippen LogP contribution >= 0.6 is 0 Å². The number of Topliss-reactive ketones (excluding diaryl/α,β-unsaturated/α-hetero) is 1. The Hall–Kier alpha value is -3.03. The van der Waals surface area contributed by atoms with E-state index in [9.17, 15) is 29.6 Å². The van der Waals surface area contributed by atoms with Crippen molar-refractivity contribution in [3.63, 3.8) is 0 Å². The third-order valence-electron chi connectivity index (χ3n) is 2.86. The summed E-state index contributed by atoms with van der Waals surface area (Å²) in [6, 6.07) is 6.12. The van der Waals surface area contributed by atoms with Crippen LogP contribution in [0, 0.1) is 10.1 Å². The lowest BCUT2D eigenvalue weighted by Crippen LogP contribution is -2.31. The maximum atomic E-state index is 12.0. The van der Waals surface area contributed by atoms with Gasteiger partial charge in [0.05, 0.1) is 5.52 Å². The normalized spacial score (nSPS) is 10.4. The first kappa shape index (κ1) is 13.4. The molecule has 0 fully saturated rings. The highest BCUT2D eigenvalue weighted by atomic mass is 16.6. The molecule has 8 heteroatoms. The molecule has 1 heterocycles. The minimum atomic E-state index is -1.97. The van der Waals surface area contributed by atoms with Crippen molar-refractivity contribution in [2.75, 3.05) is 0 Å². The molecule has 0 saturated carbocycles. The van der Waals surface area contributed by atoms with Gasteiger partial charge in [0.1, 0.15) is 16.2 Å². The van der Waals surface area contributed by atoms with Crippen LogP contribution in [0.1, 0.15) is 10.4 Å². The Kier molecular flexibility index (Phi) is 3.07. The van der Waals surface area contributed by atoms with E-state index in [1.54, 1.807) is 12.1 Å². The van der Waals surface area contributed by atoms with E-state index in [4.69, 9.17) is 0 Å². The number of aromatic nitrogens is 1. The number of fused-ring (bicyclic) bond motifs is 1. The van der Waals surface area contributed by atoms with Gasteiger partial charge in [0.15, 0.2) is 0 Å². The predicted molar refractivity (Wildman–Crippen MR) is 67.2 cm³/mol. The molecule has 0 radical (unpaired) electrons. The molecule has 0 bridgehead atoms. The van der Waals surface area contributed by atoms with Crippen molar-refractivity contribution in [2.24, 2.45) is 7.05 Å². The van der Waals surface area contributed by atoms with Crippen LogP contribution in [0.5, 0.6) is 5.75 Å². The predicted octanol–water partition coefficient (Wildman–Crippen LogP) is 0.230. The molecule has 0 atom stereocenters. The summed E-state index contributed by atoms with van der Waals surface area (Å²) in [4.78, 5) is 43.6. The topological polar surface area (TPSA) is 120 Å². The van der Waals surface area contributed by atoms with Crippen molar-refractivity contribution in [3.8, 4) is 5.75 Å². The average molecular weight is 276 g/mol. The molecule has 0 aliphatic rings. The zero-order valence-corrected chi connectivity index (χ0v) is 10.2. The second kappa shape index (κ2) is 4.57. The molecule has 20 heavy (non-hydrogen) atoms. The van der Waals surface area contributed by atoms with Crippen molar-refractivity contribution in [3.05, 3.63) is 50.3 Å². The van der Waals surface area contributed by atoms with E-state index in [1.807, 2.05) is 0 Å². The van der Waals surface area contributed by atoms with E-state index in [2.05, 4.69) is 0 Å². The van der Waals surface area contributed by atoms with Crippen LogP contribution < -0.4 is 5.56 Å². The molecule has 1 aromatic carbocycles. The van der Waals surface area contributed by atoms with Crippen molar-refractivity contribution >= 4 is 22.6 Å². The number of ketones is 1. The van der Waals surface area contributed by atoms with Crippen LogP contribution in [0.25, 0.3) is 10.9 Å². The number of hydrogen-bond donors (Lipinski definition) is 1. The Morgan fingerprint density at radius 1 is 1.30 bits per heavy atom. The maximum Gasteiger partial charge on any atom is 0.517 e. The summed E-state index contributed by atoms with van der Waals surface area (Å²) in [6.07, 6.45) is 0. The van der Waals surface area contributed by atoms with Gasteiger partial charge in [0.2, 0.25) is 0 Å². The summed E-state index contributed by atoms with van der Waals surface area (Å²) in [7, 11) is 1.33. The lowest BCUT2D eigenvalue weighted by Gasteiger charge is -2.09. The Morgan fingerprint density at radius 2 is 1.90 bits per heavy atom. The van der Waals surface area contributed by atoms with Gasteiger partial charge in [0.25, 0.3) is 5.56 Å². The zero-order chi connectivity index (χ0) is 15.0. The minimum absolute atomic E-state index is 0.147. The fourth-order valence-electron chi connectivity index (χ4n) is 1.87. The lowest BCUT2D eigenvalue weighted by molar-refractivity contribution is -0.394. The molecule has 0 aliphatic heterocycles. The Labute approximate surface area is 111 Å². The SMILES string of the molecule is Cn1c(=O)c(C(=O)C(=O)[N+](=O)[O-])c(O)c2ccccc21. The maximum absolute atomic E-state index is 12.0. The van der Waals surface area contributed by atoms with E-state index < -0.39 is 33.5 Å². The van der Waals surface area contributed by atoms with Crippen LogP contribution in [-0.4, -0.2) is 26.3 Å². The Balaban J connectivity index is 2.85. The largest absolute Gasteiger partial charge is 0.517 e. The van der Waals surface area contributed by atoms with Crippen molar-refractivity contribution < 1.29 is 19.6 Å². The first-order valence-electron chi connectivity index (χ1n) is 5.40. The third-order valence-corrected chi connectivity index (χ3v) is 2.86. The summed E-state index contributed by atoms with van der Waals surface area (Å²) in [5.74, 6) is -4.34. The van der Waals surface area contributed by atoms with Gasteiger partial charge in [0, 0.05) is 12.4 Å². The van der Waals surface area contributed by atoms with Gasteiger partial charge < -0.3 is 9.67 Å². The second-order valence-corrected chi connectivity index (χ2v) is 4.00. The van der Waals surface area contributed by atoms with Crippen LogP contribution in [0.4, 0.5) is 0 Å². The summed E-state index contributed by atoms with van der Waals surface area (Å²) < 4.78 is 1.04. The smallest absolute Gasteiger partial charge is 0.506 e. The molecular weight excluding hydrogens is 268 g/mol. The highest BCUT2D eigenvalue weighted by Crippen LogP contribution is 2.26. The van der Waals surface area contributed by atoms with Gasteiger partial charge in [-0.15, -0.1) is 0 Å². The molecule has 0 saturated heterocycles. The van der Waals surface area contributed by atoms with Crippen LogP contribution in [-0.2, 0) is 11.8 Å². The number of amides is 1. The fraction of sp³-hybridized carbons (Fsp3) is 0.0833. The summed E-state index contributed by atoms with van der Waals surface area (Å²) in [5.41, 5.74) is -1.53. The number of nitrogens with zero attached hydrogens (tertiary/aromatic N) is 2. The summed E-state index contributed by atoms with van der Waals surface area (Å²) >= 11 is 0. The van der Waals surface area contributed by atoms with Crippen LogP contribution in [0.15, 0.2) is 29.1 Å². The number of aromatic hydroxyl groups is 1. The number of rotatable bonds is 2. The number of para-hydroxylation sites is 1. The van der Waals surface area contributed by atoms with E-state index in [0.29, 0.717) is 5.52 Å². The number of carbonyl (C=O) groups excluding carboxylic acids is 2. The first-order chi connectivity index (χ1) is 9.36. The van der Waals surface area contributed by atoms with E-state index in [-0.39, 0.29) is 5.39 Å². The Bertz CT molecular complexity index is 821. The standard InChI is InChI=1S/C12H8N2O6/c1-13-7-5-3-2-4-6(7)9(15)8(11(13)17)10(16)12(18)14(19)20/h2-5,15H,1H3. The first-order valence-corrected chi connectivity index (χ1v) is 5.40. The van der Waals surface area contributed by atoms with E-state index in [0.717, 1.165) is 4.57 Å². The zero-order valence-electron chi connectivity index (χ0n) is 10.2. The van der Waals surface area contributed by atoms with Crippen LogP contribution in [0.2, 0.25) is 0 Å². The molecule has 2 rings (SSSR count).